The average Bonchev–Trinajstić information content (AvgIpc) is 3.85. The van der Waals surface area contributed by atoms with Crippen molar-refractivity contribution in [2.24, 2.45) is 17.3 Å². The Morgan fingerprint density at radius 3 is 2.54 bits per heavy atom. The number of methoxy groups -OCH3 is 2. The largest absolute Gasteiger partial charge is 0.465 e. The van der Waals surface area contributed by atoms with Crippen molar-refractivity contribution in [3.05, 3.63) is 46.5 Å². The Morgan fingerprint density at radius 2 is 1.85 bits per heavy atom. The number of epoxide rings is 3. The predicted molar refractivity (Wildman–Crippen MR) is 133 cm³/mol. The number of ether oxygens (including phenoxy) is 7. The number of benzene rings is 1. The summed E-state index contributed by atoms with van der Waals surface area (Å²) in [5.41, 5.74) is 1.24. The third-order valence-electron chi connectivity index (χ3n) is 11.1. The fourth-order valence-corrected chi connectivity index (χ4v) is 9.16. The van der Waals surface area contributed by atoms with Crippen molar-refractivity contribution in [1.29, 1.82) is 0 Å². The van der Waals surface area contributed by atoms with Crippen molar-refractivity contribution < 1.29 is 42.7 Å². The van der Waals surface area contributed by atoms with E-state index in [1.54, 1.807) is 19.2 Å². The van der Waals surface area contributed by atoms with Gasteiger partial charge in [0.25, 0.3) is 0 Å². The van der Waals surface area contributed by atoms with Crippen LogP contribution >= 0.6 is 0 Å². The normalized spacial score (nSPS) is 46.6. The van der Waals surface area contributed by atoms with Crippen LogP contribution in [0.2, 0.25) is 0 Å². The monoisotopic (exact) mass is 538 g/mol. The predicted octanol–water partition coefficient (Wildman–Crippen LogP) is 3.26. The number of rotatable bonds is 6. The smallest absolute Gasteiger partial charge is 0.337 e. The van der Waals surface area contributed by atoms with Crippen molar-refractivity contribution in [1.82, 2.24) is 0 Å². The minimum absolute atomic E-state index is 0.0712. The van der Waals surface area contributed by atoms with Crippen LogP contribution in [-0.4, -0.2) is 74.0 Å². The van der Waals surface area contributed by atoms with Gasteiger partial charge in [0.05, 0.1) is 18.8 Å². The number of hydrogen-bond donors (Lipinski definition) is 0. The quantitative estimate of drug-likeness (QED) is 0.306. The van der Waals surface area contributed by atoms with E-state index in [1.165, 1.54) is 7.11 Å². The van der Waals surface area contributed by atoms with E-state index in [9.17, 15) is 9.59 Å². The first kappa shape index (κ1) is 24.5. The first-order valence-corrected chi connectivity index (χ1v) is 14.0. The molecule has 0 amide bonds. The lowest BCUT2D eigenvalue weighted by Gasteiger charge is -2.54. The van der Waals surface area contributed by atoms with Gasteiger partial charge in [-0.05, 0) is 48.8 Å². The van der Waals surface area contributed by atoms with Crippen LogP contribution in [0.15, 0.2) is 35.4 Å². The minimum atomic E-state index is -0.694. The van der Waals surface area contributed by atoms with Gasteiger partial charge in [0, 0.05) is 23.7 Å². The highest BCUT2D eigenvalue weighted by Crippen LogP contribution is 2.83. The SMILES string of the molecule is COC(=O)c1ccc(C(OC)O[C@@H]2[C@@]3(C(C)C)O[C@H]3[C@@H]3O[C@]34[C@]23O[C@H]3C[C@@H]2C3=C(CC[C@@]24C)C(=O)OC3)cc1. The molecule has 2 spiro atoms. The van der Waals surface area contributed by atoms with E-state index in [0.717, 1.165) is 29.6 Å². The molecule has 1 aromatic carbocycles. The molecule has 0 radical (unpaired) electrons. The molecule has 10 atom stereocenters. The number of cyclic esters (lactones) is 1. The fraction of sp³-hybridized carbons (Fsp3) is 0.667. The number of hydrogen-bond acceptors (Lipinski definition) is 9. The number of carbonyl (C=O) groups excluding carboxylic acids is 2. The van der Waals surface area contributed by atoms with Gasteiger partial charge in [0.15, 0.2) is 11.9 Å². The van der Waals surface area contributed by atoms with Crippen LogP contribution in [-0.2, 0) is 38.0 Å². The van der Waals surface area contributed by atoms with Crippen molar-refractivity contribution in [3.8, 4) is 0 Å². The Labute approximate surface area is 227 Å². The highest BCUT2D eigenvalue weighted by Gasteiger charge is 3.00. The Hall–Kier alpha value is -2.30. The highest BCUT2D eigenvalue weighted by atomic mass is 16.8. The number of fused-ring (bicyclic) bond motifs is 4. The van der Waals surface area contributed by atoms with Gasteiger partial charge in [-0.25, -0.2) is 9.59 Å². The van der Waals surface area contributed by atoms with Crippen LogP contribution in [0.25, 0.3) is 0 Å². The molecule has 4 aliphatic heterocycles. The Balaban J connectivity index is 1.18. The summed E-state index contributed by atoms with van der Waals surface area (Å²) in [6.45, 7) is 7.02. The molecule has 0 bridgehead atoms. The zero-order valence-corrected chi connectivity index (χ0v) is 22.9. The Bertz CT molecular complexity index is 1320. The van der Waals surface area contributed by atoms with Crippen LogP contribution in [0, 0.1) is 17.3 Å². The molecule has 7 aliphatic rings. The molecule has 1 unspecified atom stereocenters. The van der Waals surface area contributed by atoms with E-state index >= 15 is 0 Å². The molecule has 9 heteroatoms. The van der Waals surface area contributed by atoms with Gasteiger partial charge in [-0.3, -0.25) is 0 Å². The highest BCUT2D eigenvalue weighted by molar-refractivity contribution is 5.92. The number of esters is 2. The Kier molecular flexibility index (Phi) is 4.71. The molecule has 0 aromatic heterocycles. The summed E-state index contributed by atoms with van der Waals surface area (Å²) in [6, 6.07) is 7.09. The maximum atomic E-state index is 12.4. The zero-order chi connectivity index (χ0) is 27.1. The maximum absolute atomic E-state index is 12.4. The lowest BCUT2D eigenvalue weighted by molar-refractivity contribution is -0.217. The van der Waals surface area contributed by atoms with Crippen molar-refractivity contribution in [2.45, 2.75) is 87.5 Å². The summed E-state index contributed by atoms with van der Waals surface area (Å²) in [6.07, 6.45) is 0.972. The van der Waals surface area contributed by atoms with Crippen molar-refractivity contribution in [3.63, 3.8) is 0 Å². The average molecular weight is 539 g/mol. The molecule has 8 rings (SSSR count). The molecule has 39 heavy (non-hydrogen) atoms. The molecule has 0 N–H and O–H groups in total. The standard InChI is InChI=1S/C30H34O9/c1-14(2)28-21(38-28)22-30(39-22)27(3)11-10-17-18(13-35-24(17)32)19(27)12-20-29(30,37-20)26(28)36-25(34-5)16-8-6-15(7-9-16)23(31)33-4/h6-9,14,19-22,25-26H,10-13H2,1-5H3/t19-,20+,21+,22+,25?,26-,27+,28+,29-,30-/m1/s1. The summed E-state index contributed by atoms with van der Waals surface area (Å²) < 4.78 is 43.4. The third kappa shape index (κ3) is 2.65. The van der Waals surface area contributed by atoms with Crippen molar-refractivity contribution >= 4 is 11.9 Å². The molecule has 1 aromatic rings. The van der Waals surface area contributed by atoms with E-state index in [1.807, 2.05) is 12.1 Å². The maximum Gasteiger partial charge on any atom is 0.337 e. The summed E-state index contributed by atoms with van der Waals surface area (Å²) in [7, 11) is 2.98. The van der Waals surface area contributed by atoms with Gasteiger partial charge in [-0.1, -0.05) is 32.9 Å². The second-order valence-electron chi connectivity index (χ2n) is 12.7. The van der Waals surface area contributed by atoms with Gasteiger partial charge in [0.2, 0.25) is 0 Å². The molecule has 9 nitrogen and oxygen atoms in total. The van der Waals surface area contributed by atoms with E-state index in [4.69, 9.17) is 33.2 Å². The van der Waals surface area contributed by atoms with E-state index < -0.39 is 35.2 Å². The van der Waals surface area contributed by atoms with Gasteiger partial charge >= 0.3 is 11.9 Å². The zero-order valence-electron chi connectivity index (χ0n) is 22.9. The van der Waals surface area contributed by atoms with Gasteiger partial charge in [-0.15, -0.1) is 0 Å². The summed E-state index contributed by atoms with van der Waals surface area (Å²) in [4.78, 5) is 24.4. The molecular formula is C30H34O9. The second kappa shape index (κ2) is 7.50. The number of carbonyl (C=O) groups is 2. The first-order chi connectivity index (χ1) is 18.7. The summed E-state index contributed by atoms with van der Waals surface area (Å²) in [5, 5.41) is 0. The van der Waals surface area contributed by atoms with Crippen molar-refractivity contribution in [2.75, 3.05) is 20.8 Å². The molecular weight excluding hydrogens is 504 g/mol. The molecule has 208 valence electrons. The third-order valence-corrected chi connectivity index (χ3v) is 11.1. The summed E-state index contributed by atoms with van der Waals surface area (Å²) in [5.74, 6) is -0.232. The lowest BCUT2D eigenvalue weighted by Crippen LogP contribution is -2.69. The van der Waals surface area contributed by atoms with E-state index in [0.29, 0.717) is 18.6 Å². The topological polar surface area (TPSA) is 109 Å². The molecule has 4 heterocycles. The van der Waals surface area contributed by atoms with Crippen LogP contribution in [0.1, 0.15) is 62.2 Å². The van der Waals surface area contributed by atoms with Gasteiger partial charge in [0.1, 0.15) is 36.1 Å². The Morgan fingerprint density at radius 1 is 1.08 bits per heavy atom. The van der Waals surface area contributed by atoms with Crippen LogP contribution in [0.5, 0.6) is 0 Å². The molecule has 5 fully saturated rings. The fourth-order valence-electron chi connectivity index (χ4n) is 9.16. The first-order valence-electron chi connectivity index (χ1n) is 14.0. The summed E-state index contributed by atoms with van der Waals surface area (Å²) >= 11 is 0. The van der Waals surface area contributed by atoms with Crippen LogP contribution in [0.4, 0.5) is 0 Å². The minimum Gasteiger partial charge on any atom is -0.465 e. The van der Waals surface area contributed by atoms with Crippen LogP contribution in [0.3, 0.4) is 0 Å². The molecule has 2 saturated carbocycles. The van der Waals surface area contributed by atoms with E-state index in [2.05, 4.69) is 20.8 Å². The molecule has 3 aliphatic carbocycles. The molecule has 3 saturated heterocycles. The van der Waals surface area contributed by atoms with Crippen LogP contribution < -0.4 is 0 Å². The second-order valence-corrected chi connectivity index (χ2v) is 12.7. The van der Waals surface area contributed by atoms with E-state index in [-0.39, 0.29) is 41.5 Å². The van der Waals surface area contributed by atoms with Gasteiger partial charge < -0.3 is 33.2 Å². The lowest BCUT2D eigenvalue weighted by atomic mass is 9.46. The van der Waals surface area contributed by atoms with Gasteiger partial charge in [-0.2, -0.15) is 0 Å².